The molecule has 8 nitrogen and oxygen atoms in total. The number of nitrogens with zero attached hydrogens (tertiary/aromatic N) is 2. The molecule has 0 radical (unpaired) electrons. The van der Waals surface area contributed by atoms with E-state index in [4.69, 9.17) is 29.5 Å². The summed E-state index contributed by atoms with van der Waals surface area (Å²) >= 11 is 0. The normalized spacial score (nSPS) is 10.7. The van der Waals surface area contributed by atoms with Gasteiger partial charge < -0.3 is 18.9 Å². The Morgan fingerprint density at radius 3 is 1.36 bits per heavy atom. The average Bonchev–Trinajstić information content (AvgIpc) is 2.89. The molecular formula is C28H24N2O6. The molecule has 0 unspecified atom stereocenters. The maximum atomic E-state index is 11.7. The van der Waals surface area contributed by atoms with Gasteiger partial charge in [-0.05, 0) is 61.4 Å². The monoisotopic (exact) mass is 484 g/mol. The van der Waals surface area contributed by atoms with Crippen LogP contribution in [0.3, 0.4) is 0 Å². The second-order valence-electron chi connectivity index (χ2n) is 6.85. The summed E-state index contributed by atoms with van der Waals surface area (Å²) < 4.78 is 20.8. The smallest absolute Gasteiger partial charge is 0.348 e. The van der Waals surface area contributed by atoms with Crippen LogP contribution in [0.1, 0.15) is 25.0 Å². The van der Waals surface area contributed by atoms with Crippen LogP contribution in [-0.4, -0.2) is 38.4 Å². The highest BCUT2D eigenvalue weighted by Crippen LogP contribution is 2.16. The van der Waals surface area contributed by atoms with Gasteiger partial charge in [-0.3, -0.25) is 0 Å². The van der Waals surface area contributed by atoms with Crippen LogP contribution < -0.4 is 9.47 Å². The van der Waals surface area contributed by atoms with Gasteiger partial charge in [0.1, 0.15) is 48.0 Å². The lowest BCUT2D eigenvalue weighted by Gasteiger charge is -2.04. The van der Waals surface area contributed by atoms with Crippen LogP contribution in [0.25, 0.3) is 12.2 Å². The molecule has 0 spiro atoms. The summed E-state index contributed by atoms with van der Waals surface area (Å²) in [6.07, 6.45) is 2.90. The molecule has 0 fully saturated rings. The Balaban J connectivity index is 1.82. The lowest BCUT2D eigenvalue weighted by Crippen LogP contribution is -2.05. The summed E-state index contributed by atoms with van der Waals surface area (Å²) in [5, 5.41) is 18.2. The quantitative estimate of drug-likeness (QED) is 0.214. The van der Waals surface area contributed by atoms with E-state index in [1.807, 2.05) is 12.1 Å². The van der Waals surface area contributed by atoms with Gasteiger partial charge in [-0.15, -0.1) is 0 Å². The fourth-order valence-corrected chi connectivity index (χ4v) is 2.69. The molecule has 36 heavy (non-hydrogen) atoms. The standard InChI is InChI=1S/C28H24N2O6/c1-3-33-27(31)23(19-29)17-21-7-11-25(12-8-21)35-15-5-6-16-36-26-13-9-22(10-14-26)18-24(20-30)28(32)34-4-2/h7-14,17-18H,3-4,15-16H2,1-2H3/b23-17+,24-18+. The van der Waals surface area contributed by atoms with Crippen molar-refractivity contribution in [2.24, 2.45) is 0 Å². The summed E-state index contributed by atoms with van der Waals surface area (Å²) in [6, 6.07) is 17.4. The molecule has 2 rings (SSSR count). The third-order valence-corrected chi connectivity index (χ3v) is 4.36. The zero-order chi connectivity index (χ0) is 26.2. The van der Waals surface area contributed by atoms with Crippen LogP contribution >= 0.6 is 0 Å². The summed E-state index contributed by atoms with van der Waals surface area (Å²) in [6.45, 7) is 4.05. The van der Waals surface area contributed by atoms with Crippen molar-refractivity contribution in [3.05, 3.63) is 70.8 Å². The largest absolute Gasteiger partial charge is 0.481 e. The Morgan fingerprint density at radius 2 is 1.06 bits per heavy atom. The van der Waals surface area contributed by atoms with Gasteiger partial charge in [0.15, 0.2) is 0 Å². The van der Waals surface area contributed by atoms with Crippen LogP contribution in [0.5, 0.6) is 11.5 Å². The van der Waals surface area contributed by atoms with Gasteiger partial charge in [-0.2, -0.15) is 10.5 Å². The number of hydrogen-bond donors (Lipinski definition) is 0. The second-order valence-corrected chi connectivity index (χ2v) is 6.85. The lowest BCUT2D eigenvalue weighted by molar-refractivity contribution is -0.138. The van der Waals surface area contributed by atoms with Gasteiger partial charge in [0, 0.05) is 0 Å². The minimum Gasteiger partial charge on any atom is -0.481 e. The van der Waals surface area contributed by atoms with E-state index in [0.29, 0.717) is 22.6 Å². The SMILES string of the molecule is CCOC(=O)/C(C#N)=C/c1ccc(OCC#CCOc2ccc(/C=C(\C#N)C(=O)OCC)cc2)cc1. The first-order chi connectivity index (χ1) is 17.5. The highest BCUT2D eigenvalue weighted by molar-refractivity contribution is 5.98. The van der Waals surface area contributed by atoms with E-state index < -0.39 is 11.9 Å². The molecule has 0 N–H and O–H groups in total. The number of carbonyl (C=O) groups is 2. The fraction of sp³-hybridized carbons (Fsp3) is 0.214. The van der Waals surface area contributed by atoms with Crippen molar-refractivity contribution >= 4 is 24.1 Å². The van der Waals surface area contributed by atoms with E-state index in [1.54, 1.807) is 62.4 Å². The maximum Gasteiger partial charge on any atom is 0.348 e. The summed E-state index contributed by atoms with van der Waals surface area (Å²) in [7, 11) is 0. The average molecular weight is 485 g/mol. The number of benzene rings is 2. The predicted molar refractivity (Wildman–Crippen MR) is 132 cm³/mol. The Bertz CT molecular complexity index is 1150. The molecule has 0 saturated carbocycles. The van der Waals surface area contributed by atoms with Gasteiger partial charge in [-0.1, -0.05) is 36.1 Å². The molecule has 2 aromatic rings. The van der Waals surface area contributed by atoms with Crippen molar-refractivity contribution in [2.75, 3.05) is 26.4 Å². The molecule has 0 heterocycles. The van der Waals surface area contributed by atoms with Crippen molar-refractivity contribution in [3.8, 4) is 35.5 Å². The Labute approximate surface area is 210 Å². The van der Waals surface area contributed by atoms with Crippen LogP contribution in [0, 0.1) is 34.5 Å². The zero-order valence-electron chi connectivity index (χ0n) is 19.9. The molecule has 0 saturated heterocycles. The molecule has 0 bridgehead atoms. The van der Waals surface area contributed by atoms with E-state index in [2.05, 4.69) is 11.8 Å². The van der Waals surface area contributed by atoms with Gasteiger partial charge in [0.05, 0.1) is 13.2 Å². The summed E-state index contributed by atoms with van der Waals surface area (Å²) in [4.78, 5) is 23.4. The molecule has 2 aromatic carbocycles. The fourth-order valence-electron chi connectivity index (χ4n) is 2.69. The maximum absolute atomic E-state index is 11.7. The van der Waals surface area contributed by atoms with E-state index in [9.17, 15) is 9.59 Å². The molecule has 0 atom stereocenters. The lowest BCUT2D eigenvalue weighted by atomic mass is 10.1. The van der Waals surface area contributed by atoms with Crippen molar-refractivity contribution < 1.29 is 28.5 Å². The topological polar surface area (TPSA) is 119 Å². The van der Waals surface area contributed by atoms with E-state index >= 15 is 0 Å². The minimum absolute atomic E-state index is 0.0777. The number of carbonyl (C=O) groups excluding carboxylic acids is 2. The molecule has 0 aliphatic carbocycles. The van der Waals surface area contributed by atoms with E-state index in [-0.39, 0.29) is 37.6 Å². The number of ether oxygens (including phenoxy) is 4. The minimum atomic E-state index is -0.660. The molecule has 8 heteroatoms. The second kappa shape index (κ2) is 15.0. The van der Waals surface area contributed by atoms with Crippen LogP contribution in [-0.2, 0) is 19.1 Å². The molecule has 0 aliphatic heterocycles. The molecule has 182 valence electrons. The van der Waals surface area contributed by atoms with Crippen molar-refractivity contribution in [1.82, 2.24) is 0 Å². The van der Waals surface area contributed by atoms with Crippen LogP contribution in [0.4, 0.5) is 0 Å². The molecule has 0 aromatic heterocycles. The number of rotatable bonds is 10. The van der Waals surface area contributed by atoms with Crippen molar-refractivity contribution in [2.45, 2.75) is 13.8 Å². The highest BCUT2D eigenvalue weighted by atomic mass is 16.5. The first-order valence-corrected chi connectivity index (χ1v) is 11.0. The Kier molecular flexibility index (Phi) is 11.4. The zero-order valence-corrected chi connectivity index (χ0v) is 19.9. The number of hydrogen-bond acceptors (Lipinski definition) is 8. The van der Waals surface area contributed by atoms with Gasteiger partial charge >= 0.3 is 11.9 Å². The van der Waals surface area contributed by atoms with E-state index in [1.165, 1.54) is 12.2 Å². The van der Waals surface area contributed by atoms with Crippen molar-refractivity contribution in [3.63, 3.8) is 0 Å². The number of esters is 2. The predicted octanol–water partition coefficient (Wildman–Crippen LogP) is 4.09. The van der Waals surface area contributed by atoms with Crippen LogP contribution in [0.15, 0.2) is 59.7 Å². The van der Waals surface area contributed by atoms with Gasteiger partial charge in [0.2, 0.25) is 0 Å². The molecule has 0 amide bonds. The van der Waals surface area contributed by atoms with Crippen molar-refractivity contribution in [1.29, 1.82) is 10.5 Å². The summed E-state index contributed by atoms with van der Waals surface area (Å²) in [5.74, 6) is 5.54. The first kappa shape index (κ1) is 27.2. The summed E-state index contributed by atoms with van der Waals surface area (Å²) in [5.41, 5.74) is 1.17. The third kappa shape index (κ3) is 9.09. The van der Waals surface area contributed by atoms with Gasteiger partial charge in [0.25, 0.3) is 0 Å². The number of nitriles is 2. The van der Waals surface area contributed by atoms with E-state index in [0.717, 1.165) is 0 Å². The van der Waals surface area contributed by atoms with Crippen LogP contribution in [0.2, 0.25) is 0 Å². The van der Waals surface area contributed by atoms with Gasteiger partial charge in [-0.25, -0.2) is 9.59 Å². The first-order valence-electron chi connectivity index (χ1n) is 11.0. The Hall–Kier alpha value is -5.00. The highest BCUT2D eigenvalue weighted by Gasteiger charge is 2.10. The third-order valence-electron chi connectivity index (χ3n) is 4.36. The Morgan fingerprint density at radius 1 is 0.694 bits per heavy atom. The molecular weight excluding hydrogens is 460 g/mol. The molecule has 0 aliphatic rings.